The Bertz CT molecular complexity index is 4380. The SMILES string of the molecule is NC[C@@H]1N[C@H](CNC(=O)/C=C/c2ccc(Cl)cc2)CCN(CC(c2ccccc2)c2ccccc2)C1=O.NC[C@@H]1N[C@H](CNC(=O)/C=C/c2ccc(F)cc2)CCN(CC(c2ccccc2)c2ccccc2)C1=O.NC[C@@H]1N[C@H](CNC(=O)c2ccc3ccccc3c2)CCN(CC(c2ccccc2)c2ccccc2)C1=O. The fourth-order valence-corrected chi connectivity index (χ4v) is 14.6. The van der Waals surface area contributed by atoms with Gasteiger partial charge in [0.1, 0.15) is 5.82 Å². The summed E-state index contributed by atoms with van der Waals surface area (Å²) in [7, 11) is 0. The van der Waals surface area contributed by atoms with E-state index < -0.39 is 18.1 Å². The number of amides is 6. The molecule has 10 aromatic carbocycles. The molecule has 3 aliphatic heterocycles. The molecule has 0 bridgehead atoms. The molecule has 20 heteroatoms. The average molecular weight is 1520 g/mol. The standard InChI is InChI=1S/C32H34N4O2.C30H33ClN4O2.C30H33FN4O2/c33-20-30-32(38)36(22-29(24-10-3-1-4-11-24)25-12-5-2-6-13-25)18-17-28(35-30)21-34-31(37)27-16-15-23-9-7-8-14-26(23)19-27;2*31-25-14-11-22(12-15-25)13-16-29(36)33-20-26-17-18-35(30(37)28(19-32)34-26)21-27(23-7-3-1-4-8-23)24-9-5-2-6-10-24/h1-16,19,28-30,35H,17-18,20-22,33H2,(H,34,37);2*1-16,26-28,34H,17-21,32H2,(H,33,36)/b;2*16-13+/t28-,30-;2*26-,28-/m000/s1. The average Bonchev–Trinajstić information content (AvgIpc) is 1.19. The Labute approximate surface area is 661 Å². The predicted octanol–water partition coefficient (Wildman–Crippen LogP) is 11.0. The minimum atomic E-state index is -0.522. The van der Waals surface area contributed by atoms with Crippen LogP contribution in [0.4, 0.5) is 4.39 Å². The van der Waals surface area contributed by atoms with E-state index in [0.29, 0.717) is 82.3 Å². The molecule has 0 saturated carbocycles. The number of fused-ring (bicyclic) bond motifs is 1. The molecule has 12 N–H and O–H groups in total. The summed E-state index contributed by atoms with van der Waals surface area (Å²) in [5.41, 5.74) is 27.3. The Morgan fingerprint density at radius 2 is 0.705 bits per heavy atom. The number of nitrogens with one attached hydrogen (secondary N) is 6. The van der Waals surface area contributed by atoms with Crippen LogP contribution in [0.15, 0.2) is 285 Å². The summed E-state index contributed by atoms with van der Waals surface area (Å²) >= 11 is 5.91. The summed E-state index contributed by atoms with van der Waals surface area (Å²) in [5.74, 6) is -0.758. The number of halogens is 2. The van der Waals surface area contributed by atoms with Crippen molar-refractivity contribution in [2.45, 2.75) is 73.3 Å². The molecule has 13 rings (SSSR count). The van der Waals surface area contributed by atoms with E-state index in [4.69, 9.17) is 28.8 Å². The zero-order valence-electron chi connectivity index (χ0n) is 62.9. The fraction of sp³-hybridized carbons (Fsp3) is 0.261. The lowest BCUT2D eigenvalue weighted by molar-refractivity contribution is -0.133. The molecule has 0 radical (unpaired) electrons. The summed E-state index contributed by atoms with van der Waals surface area (Å²) in [5, 5.41) is 21.8. The van der Waals surface area contributed by atoms with Crippen molar-refractivity contribution in [1.82, 2.24) is 46.6 Å². The van der Waals surface area contributed by atoms with Gasteiger partial charge in [0.2, 0.25) is 29.5 Å². The molecule has 6 amide bonds. The largest absolute Gasteiger partial charge is 0.351 e. The molecule has 3 saturated heterocycles. The lowest BCUT2D eigenvalue weighted by Crippen LogP contribution is -2.52. The van der Waals surface area contributed by atoms with Gasteiger partial charge in [0, 0.05) is 137 Å². The molecule has 18 nitrogen and oxygen atoms in total. The van der Waals surface area contributed by atoms with Crippen LogP contribution in [0.5, 0.6) is 0 Å². The van der Waals surface area contributed by atoms with Crippen LogP contribution in [0, 0.1) is 5.82 Å². The molecule has 112 heavy (non-hydrogen) atoms. The quantitative estimate of drug-likeness (QED) is 0.0229. The highest BCUT2D eigenvalue weighted by atomic mass is 35.5. The maximum absolute atomic E-state index is 13.5. The summed E-state index contributed by atoms with van der Waals surface area (Å²) in [6.45, 7) is 5.17. The summed E-state index contributed by atoms with van der Waals surface area (Å²) in [6.07, 6.45) is 8.41. The maximum atomic E-state index is 13.5. The number of carbonyl (C=O) groups excluding carboxylic acids is 6. The smallest absolute Gasteiger partial charge is 0.251 e. The summed E-state index contributed by atoms with van der Waals surface area (Å²) in [4.78, 5) is 83.7. The van der Waals surface area contributed by atoms with E-state index >= 15 is 0 Å². The molecule has 0 aliphatic carbocycles. The van der Waals surface area contributed by atoms with Crippen molar-refractivity contribution in [1.29, 1.82) is 0 Å². The van der Waals surface area contributed by atoms with Gasteiger partial charge in [-0.3, -0.25) is 28.8 Å². The van der Waals surface area contributed by atoms with Gasteiger partial charge >= 0.3 is 0 Å². The number of carbonyl (C=O) groups is 6. The van der Waals surface area contributed by atoms with Crippen molar-refractivity contribution in [2.75, 3.05) is 78.5 Å². The van der Waals surface area contributed by atoms with E-state index in [9.17, 15) is 33.2 Å². The van der Waals surface area contributed by atoms with Gasteiger partial charge in [-0.05, 0) is 123 Å². The van der Waals surface area contributed by atoms with Gasteiger partial charge in [0.05, 0.1) is 18.1 Å². The minimum Gasteiger partial charge on any atom is -0.351 e. The highest BCUT2D eigenvalue weighted by Crippen LogP contribution is 2.31. The third-order valence-corrected chi connectivity index (χ3v) is 20.9. The van der Waals surface area contributed by atoms with Gasteiger partial charge in [0.15, 0.2) is 0 Å². The van der Waals surface area contributed by atoms with Crippen LogP contribution in [0.2, 0.25) is 5.02 Å². The zero-order chi connectivity index (χ0) is 78.4. The van der Waals surface area contributed by atoms with Crippen LogP contribution in [0.3, 0.4) is 0 Å². The molecule has 3 heterocycles. The second-order valence-electron chi connectivity index (χ2n) is 28.3. The number of nitrogens with two attached hydrogens (primary N) is 3. The molecule has 0 spiro atoms. The van der Waals surface area contributed by atoms with Crippen LogP contribution in [-0.4, -0.2) is 165 Å². The normalized spacial score (nSPS) is 18.1. The van der Waals surface area contributed by atoms with E-state index in [2.05, 4.69) is 105 Å². The Balaban J connectivity index is 0.000000166. The van der Waals surface area contributed by atoms with Gasteiger partial charge in [-0.2, -0.15) is 0 Å². The third kappa shape index (κ3) is 23.9. The maximum Gasteiger partial charge on any atom is 0.251 e. The molecule has 6 atom stereocenters. The van der Waals surface area contributed by atoms with Gasteiger partial charge in [-0.1, -0.05) is 248 Å². The lowest BCUT2D eigenvalue weighted by atomic mass is 9.90. The van der Waals surface area contributed by atoms with Crippen LogP contribution >= 0.6 is 11.6 Å². The second kappa shape index (κ2) is 42.2. The van der Waals surface area contributed by atoms with E-state index in [1.54, 1.807) is 36.4 Å². The Hall–Kier alpha value is -11.3. The number of benzene rings is 10. The first-order valence-electron chi connectivity index (χ1n) is 38.4. The van der Waals surface area contributed by atoms with Crippen molar-refractivity contribution in [2.24, 2.45) is 17.2 Å². The first-order chi connectivity index (χ1) is 54.7. The highest BCUT2D eigenvalue weighted by molar-refractivity contribution is 6.30. The Morgan fingerprint density at radius 3 is 1.04 bits per heavy atom. The van der Waals surface area contributed by atoms with Crippen LogP contribution < -0.4 is 49.1 Å². The van der Waals surface area contributed by atoms with Gasteiger partial charge < -0.3 is 63.8 Å². The summed E-state index contributed by atoms with van der Waals surface area (Å²) < 4.78 is 13.1. The first kappa shape index (κ1) is 81.7. The van der Waals surface area contributed by atoms with Gasteiger partial charge in [0.25, 0.3) is 5.91 Å². The molecule has 0 aromatic heterocycles. The van der Waals surface area contributed by atoms with E-state index in [1.807, 2.05) is 178 Å². The van der Waals surface area contributed by atoms with Crippen molar-refractivity contribution in [3.05, 3.63) is 346 Å². The number of hydrogen-bond donors (Lipinski definition) is 9. The molecule has 3 fully saturated rings. The lowest BCUT2D eigenvalue weighted by Gasteiger charge is -2.29. The summed E-state index contributed by atoms with van der Waals surface area (Å²) in [6, 6.07) is 86.7. The molecule has 3 aliphatic rings. The predicted molar refractivity (Wildman–Crippen MR) is 445 cm³/mol. The second-order valence-corrected chi connectivity index (χ2v) is 28.8. The van der Waals surface area contributed by atoms with Crippen LogP contribution in [-0.2, 0) is 24.0 Å². The third-order valence-electron chi connectivity index (χ3n) is 20.7. The van der Waals surface area contributed by atoms with Gasteiger partial charge in [-0.15, -0.1) is 0 Å². The van der Waals surface area contributed by atoms with E-state index in [-0.39, 0.29) is 96.8 Å². The monoisotopic (exact) mass is 1520 g/mol. The topological polar surface area (TPSA) is 262 Å². The Kier molecular flexibility index (Phi) is 30.8. The molecular formula is C92H100ClFN12O6. The van der Waals surface area contributed by atoms with Gasteiger partial charge in [-0.25, -0.2) is 4.39 Å². The van der Waals surface area contributed by atoms with Crippen molar-refractivity contribution in [3.8, 4) is 0 Å². The zero-order valence-corrected chi connectivity index (χ0v) is 63.6. The number of nitrogens with zero attached hydrogens (tertiary/aromatic N) is 3. The fourth-order valence-electron chi connectivity index (χ4n) is 14.5. The first-order valence-corrected chi connectivity index (χ1v) is 38.8. The van der Waals surface area contributed by atoms with E-state index in [1.165, 1.54) is 46.5 Å². The Morgan fingerprint density at radius 1 is 0.402 bits per heavy atom. The van der Waals surface area contributed by atoms with Crippen LogP contribution in [0.25, 0.3) is 22.9 Å². The molecule has 0 unspecified atom stereocenters. The molecular weight excluding hydrogens is 1420 g/mol. The van der Waals surface area contributed by atoms with E-state index in [0.717, 1.165) is 39.4 Å². The molecule has 578 valence electrons. The number of rotatable bonds is 26. The molecule has 10 aromatic rings. The van der Waals surface area contributed by atoms with Crippen molar-refractivity contribution < 1.29 is 33.2 Å². The minimum absolute atomic E-state index is 0.00387. The van der Waals surface area contributed by atoms with Crippen LogP contribution in [0.1, 0.15) is 91.9 Å². The highest BCUT2D eigenvalue weighted by Gasteiger charge is 2.36. The van der Waals surface area contributed by atoms with Crippen molar-refractivity contribution in [3.63, 3.8) is 0 Å². The van der Waals surface area contributed by atoms with Crippen molar-refractivity contribution >= 4 is 70.0 Å². The number of hydrogen-bond acceptors (Lipinski definition) is 12.